The number of hydrogen-bond donors (Lipinski definition) is 0. The van der Waals surface area contributed by atoms with Gasteiger partial charge in [-0.25, -0.2) is 4.98 Å². The molecule has 17 nitrogen and oxygen atoms in total. The first-order valence-corrected chi connectivity index (χ1v) is 40.1. The van der Waals surface area contributed by atoms with Gasteiger partial charge >= 0.3 is 0 Å². The summed E-state index contributed by atoms with van der Waals surface area (Å²) in [4.78, 5) is 73.8. The molecule has 17 heteroatoms. The van der Waals surface area contributed by atoms with Gasteiger partial charge < -0.3 is 0 Å². The molecule has 8 aliphatic rings. The van der Waals surface area contributed by atoms with Crippen LogP contribution < -0.4 is 0 Å². The van der Waals surface area contributed by atoms with Gasteiger partial charge in [-0.3, -0.25) is 79.7 Å². The van der Waals surface area contributed by atoms with Crippen LogP contribution in [0.25, 0.3) is 133 Å². The average Bonchev–Trinajstić information content (AvgIpc) is 1.57. The molecule has 0 N–H and O–H groups in total. The molecule has 0 saturated heterocycles. The molecule has 0 radical (unpaired) electrons. The largest absolute Gasteiger partial charge is 0.264 e. The van der Waals surface area contributed by atoms with Crippen LogP contribution in [0, 0.1) is 0 Å². The highest BCUT2D eigenvalue weighted by Crippen LogP contribution is 2.43. The van der Waals surface area contributed by atoms with E-state index >= 15 is 0 Å². The van der Waals surface area contributed by atoms with E-state index in [9.17, 15) is 0 Å². The molecule has 17 aromatic heterocycles. The quantitative estimate of drug-likeness (QED) is 0.129. The minimum Gasteiger partial charge on any atom is -0.264 e. The number of rotatable bonds is 0. The average molecular weight is 1550 g/mol. The first kappa shape index (κ1) is 72.0. The zero-order valence-corrected chi connectivity index (χ0v) is 65.0. The Hall–Kier alpha value is -15.8. The van der Waals surface area contributed by atoms with Crippen molar-refractivity contribution in [2.24, 2.45) is 0 Å². The van der Waals surface area contributed by atoms with Gasteiger partial charge in [0.05, 0.1) is 67.8 Å². The molecule has 0 unspecified atom stereocenters. The first-order valence-electron chi connectivity index (χ1n) is 40.1. The van der Waals surface area contributed by atoms with E-state index in [1.54, 1.807) is 0 Å². The third kappa shape index (κ3) is 14.0. The highest BCUT2D eigenvalue weighted by atomic mass is 14.8. The fraction of sp³-hybridized carbons (Fsp3) is 0.0777. The van der Waals surface area contributed by atoms with Crippen LogP contribution in [-0.2, 0) is 51.4 Å². The summed E-state index contributed by atoms with van der Waals surface area (Å²) in [7, 11) is 0. The van der Waals surface area contributed by atoms with Crippen LogP contribution in [0.1, 0.15) is 89.7 Å². The number of nitrogens with zero attached hydrogens (tertiary/aromatic N) is 17. The minimum atomic E-state index is 0.810. The fourth-order valence-corrected chi connectivity index (χ4v) is 17.4. The second-order valence-corrected chi connectivity index (χ2v) is 30.3. The molecular formula is C103H71N17. The predicted octanol–water partition coefficient (Wildman–Crippen LogP) is 20.4. The molecule has 8 aliphatic carbocycles. The van der Waals surface area contributed by atoms with Gasteiger partial charge in [0.15, 0.2) is 0 Å². The van der Waals surface area contributed by atoms with Crippen LogP contribution in [0.3, 0.4) is 0 Å². The third-order valence-corrected chi connectivity index (χ3v) is 23.1. The van der Waals surface area contributed by atoms with E-state index in [0.29, 0.717) is 0 Å². The molecule has 120 heavy (non-hydrogen) atoms. The Bertz CT molecular complexity index is 6510. The molecule has 568 valence electrons. The Kier molecular flexibility index (Phi) is 19.1. The summed E-state index contributed by atoms with van der Waals surface area (Å²) in [6.07, 6.45) is 48.6. The van der Waals surface area contributed by atoms with E-state index in [-0.39, 0.29) is 0 Å². The van der Waals surface area contributed by atoms with E-state index in [1.807, 2.05) is 197 Å². The van der Waals surface area contributed by atoms with E-state index in [4.69, 9.17) is 9.97 Å². The molecule has 3 aromatic carbocycles. The Labute approximate surface area is 691 Å². The lowest BCUT2D eigenvalue weighted by atomic mass is 10.0. The predicted molar refractivity (Wildman–Crippen MR) is 470 cm³/mol. The van der Waals surface area contributed by atoms with Crippen molar-refractivity contribution in [3.63, 3.8) is 0 Å². The van der Waals surface area contributed by atoms with Crippen LogP contribution in [0.2, 0.25) is 0 Å². The number of benzene rings is 3. The second-order valence-electron chi connectivity index (χ2n) is 30.3. The molecule has 0 atom stereocenters. The first-order chi connectivity index (χ1) is 59.5. The van der Waals surface area contributed by atoms with Crippen molar-refractivity contribution in [3.05, 3.63) is 426 Å². The normalized spacial score (nSPS) is 12.4. The Morgan fingerprint density at radius 2 is 0.575 bits per heavy atom. The van der Waals surface area contributed by atoms with Gasteiger partial charge in [0.2, 0.25) is 0 Å². The molecule has 20 aromatic rings. The summed E-state index contributed by atoms with van der Waals surface area (Å²) in [6, 6.07) is 68.7. The van der Waals surface area contributed by atoms with Gasteiger partial charge in [0.1, 0.15) is 0 Å². The van der Waals surface area contributed by atoms with Crippen LogP contribution in [0.4, 0.5) is 0 Å². The lowest BCUT2D eigenvalue weighted by molar-refractivity contribution is 1.08. The lowest BCUT2D eigenvalue weighted by Gasteiger charge is -2.06. The van der Waals surface area contributed by atoms with Crippen LogP contribution in [0.15, 0.2) is 337 Å². The standard InChI is InChI=1S/C18H11N3.2C15H10N2.5C11H8N2/c1-3-11-5-6-12-9-14-13-4-2-7-19-15(13)10-16(14)21-18(12)17(11)20-8-1;1-2-13-14-7-10-3-5-16-9-12(10)6-11(14)8-15(13)17-4-1;1-2-6-13-10(4-1)8-12-11-5-3-7-16-14(11)9-15(12)17-13;1-3-13-7-11-8(1)5-9-6-12-4-2-10(9)11;1-3-12-6-10-8(1)5-9-2-4-13-7-11(9)10;1-3-8-7-9-4-2-6-13-11(9)10(8)12-5-1;1-2-9-6-8-3-5-12-7-10(8)11(9)13-4-1;1-2-8-6-9-7-12-5-3-10(9)11(8)13-4-1/h1-9H,10H2;1-7,9H,8H2;1-8H,9H2;2*1-4,6-7H,5H2;1-6H,7H2;2*1-5,7H,6H2. The summed E-state index contributed by atoms with van der Waals surface area (Å²) in [5, 5.41) is 5.92. The SMILES string of the molecule is c1cc2c(cn1)-c1cnccc1C2.c1cc2c(cn1)Cc1ccncc1-2.c1cnc2c(c1)-c1cc3ccc4cccnc4c3nc1C2.c1cnc2c(c1)-c1cc3ccccc3nc1C2.c1cnc2c(c1)-c1cc3ccncc3cc1C2.c1cnc2c(c1)Cc1cccnc1-2.c1cnc2c(c1)Cc1ccncc1-2.c1cnc2c(c1)Cc1cnccc1-2. The fourth-order valence-electron chi connectivity index (χ4n) is 17.4. The Morgan fingerprint density at radius 3 is 1.22 bits per heavy atom. The van der Waals surface area contributed by atoms with Crippen molar-refractivity contribution in [1.29, 1.82) is 0 Å². The maximum Gasteiger partial charge on any atom is 0.0968 e. The van der Waals surface area contributed by atoms with Crippen LogP contribution >= 0.6 is 0 Å². The van der Waals surface area contributed by atoms with Crippen LogP contribution in [0.5, 0.6) is 0 Å². The molecule has 0 bridgehead atoms. The van der Waals surface area contributed by atoms with Gasteiger partial charge in [-0.15, -0.1) is 0 Å². The summed E-state index contributed by atoms with van der Waals surface area (Å²) in [5.74, 6) is 0. The van der Waals surface area contributed by atoms with Crippen molar-refractivity contribution in [2.45, 2.75) is 51.4 Å². The lowest BCUT2D eigenvalue weighted by Crippen LogP contribution is -1.91. The van der Waals surface area contributed by atoms with E-state index in [2.05, 4.69) is 214 Å². The summed E-state index contributed by atoms with van der Waals surface area (Å²) in [5.41, 5.74) is 42.6. The molecule has 0 aliphatic heterocycles. The summed E-state index contributed by atoms with van der Waals surface area (Å²) >= 11 is 0. The summed E-state index contributed by atoms with van der Waals surface area (Å²) < 4.78 is 0. The number of aromatic nitrogens is 17. The van der Waals surface area contributed by atoms with Crippen molar-refractivity contribution < 1.29 is 0 Å². The zero-order chi connectivity index (χ0) is 79.7. The number of fused-ring (bicyclic) bond motifs is 29. The molecular weight excluding hydrogens is 1480 g/mol. The molecule has 0 spiro atoms. The van der Waals surface area contributed by atoms with Gasteiger partial charge in [-0.05, 0) is 205 Å². The second kappa shape index (κ2) is 31.8. The molecule has 0 amide bonds. The van der Waals surface area contributed by atoms with Crippen molar-refractivity contribution in [1.82, 2.24) is 84.7 Å². The smallest absolute Gasteiger partial charge is 0.0968 e. The van der Waals surface area contributed by atoms with Gasteiger partial charge in [0.25, 0.3) is 0 Å². The van der Waals surface area contributed by atoms with Gasteiger partial charge in [0, 0.05) is 258 Å². The molecule has 28 rings (SSSR count). The third-order valence-electron chi connectivity index (χ3n) is 23.1. The number of hydrogen-bond acceptors (Lipinski definition) is 17. The highest BCUT2D eigenvalue weighted by molar-refractivity contribution is 6.04. The molecule has 0 saturated carbocycles. The van der Waals surface area contributed by atoms with Gasteiger partial charge in [-0.1, -0.05) is 78.9 Å². The topological polar surface area (TPSA) is 219 Å². The van der Waals surface area contributed by atoms with E-state index in [1.165, 1.54) is 150 Å². The van der Waals surface area contributed by atoms with E-state index in [0.717, 1.165) is 124 Å². The van der Waals surface area contributed by atoms with Crippen molar-refractivity contribution in [2.75, 3.05) is 0 Å². The monoisotopic (exact) mass is 1550 g/mol. The van der Waals surface area contributed by atoms with Crippen LogP contribution in [-0.4, -0.2) is 84.7 Å². The maximum absolute atomic E-state index is 4.90. The minimum absolute atomic E-state index is 0.810. The van der Waals surface area contributed by atoms with E-state index < -0.39 is 0 Å². The van der Waals surface area contributed by atoms with Crippen molar-refractivity contribution >= 4 is 43.5 Å². The Balaban J connectivity index is 0.0000000854. The molecule has 0 fully saturated rings. The maximum atomic E-state index is 4.90. The summed E-state index contributed by atoms with van der Waals surface area (Å²) in [6.45, 7) is 0. The number of para-hydroxylation sites is 1. The Morgan fingerprint density at radius 1 is 0.167 bits per heavy atom. The zero-order valence-electron chi connectivity index (χ0n) is 65.0. The van der Waals surface area contributed by atoms with Gasteiger partial charge in [-0.2, -0.15) is 0 Å². The molecule has 17 heterocycles. The number of pyridine rings is 17. The highest BCUT2D eigenvalue weighted by Gasteiger charge is 2.27. The van der Waals surface area contributed by atoms with Crippen molar-refractivity contribution in [3.8, 4) is 89.5 Å².